The van der Waals surface area contributed by atoms with Crippen molar-refractivity contribution in [3.05, 3.63) is 93.8 Å². The van der Waals surface area contributed by atoms with Gasteiger partial charge in [-0.1, -0.05) is 65.7 Å². The molecule has 0 N–H and O–H groups in total. The Labute approximate surface area is 150 Å². The maximum atomic E-state index is 12.8. The van der Waals surface area contributed by atoms with Crippen LogP contribution in [0.1, 0.15) is 5.56 Å². The first kappa shape index (κ1) is 15.7. The van der Waals surface area contributed by atoms with Gasteiger partial charge in [0.15, 0.2) is 0 Å². The van der Waals surface area contributed by atoms with Crippen LogP contribution in [0.3, 0.4) is 0 Å². The molecule has 1 aromatic heterocycles. The molecule has 0 atom stereocenters. The summed E-state index contributed by atoms with van der Waals surface area (Å²) in [5, 5.41) is 1.50. The minimum absolute atomic E-state index is 0.363. The van der Waals surface area contributed by atoms with E-state index in [2.05, 4.69) is 6.07 Å². The number of aryl methyl sites for hydroxylation is 1. The molecule has 0 aliphatic rings. The molecule has 122 valence electrons. The molecule has 3 heteroatoms. The van der Waals surface area contributed by atoms with Crippen molar-refractivity contribution >= 4 is 22.6 Å². The second-order valence-electron chi connectivity index (χ2n) is 6.02. The SMILES string of the molecule is Cc1ccc2oc(=O)c(-c3cccc(Cl)c3)c(-c3ccccc3)c2c1. The molecule has 3 aromatic carbocycles. The number of rotatable bonds is 2. The summed E-state index contributed by atoms with van der Waals surface area (Å²) in [5.41, 5.74) is 4.46. The van der Waals surface area contributed by atoms with E-state index >= 15 is 0 Å². The van der Waals surface area contributed by atoms with Gasteiger partial charge in [0.25, 0.3) is 0 Å². The monoisotopic (exact) mass is 346 g/mol. The molecule has 4 aromatic rings. The third-order valence-corrected chi connectivity index (χ3v) is 4.47. The Morgan fingerprint density at radius 1 is 0.800 bits per heavy atom. The molecule has 0 unspecified atom stereocenters. The van der Waals surface area contributed by atoms with Gasteiger partial charge >= 0.3 is 5.63 Å². The second-order valence-corrected chi connectivity index (χ2v) is 6.45. The first-order chi connectivity index (χ1) is 12.1. The number of fused-ring (bicyclic) bond motifs is 1. The number of benzene rings is 3. The van der Waals surface area contributed by atoms with Gasteiger partial charge in [0.1, 0.15) is 5.58 Å². The van der Waals surface area contributed by atoms with E-state index in [9.17, 15) is 4.79 Å². The van der Waals surface area contributed by atoms with Crippen molar-refractivity contribution in [2.75, 3.05) is 0 Å². The molecule has 0 amide bonds. The Morgan fingerprint density at radius 2 is 1.56 bits per heavy atom. The van der Waals surface area contributed by atoms with Crippen molar-refractivity contribution in [1.82, 2.24) is 0 Å². The fourth-order valence-electron chi connectivity index (χ4n) is 3.13. The van der Waals surface area contributed by atoms with Gasteiger partial charge in [-0.2, -0.15) is 0 Å². The van der Waals surface area contributed by atoms with Gasteiger partial charge in [-0.3, -0.25) is 0 Å². The number of hydrogen-bond acceptors (Lipinski definition) is 2. The van der Waals surface area contributed by atoms with E-state index in [4.69, 9.17) is 16.0 Å². The standard InChI is InChI=1S/C22H15ClO2/c1-14-10-11-19-18(12-14)20(15-6-3-2-4-7-15)21(22(24)25-19)16-8-5-9-17(23)13-16/h2-13H,1H3. The lowest BCUT2D eigenvalue weighted by Crippen LogP contribution is -2.06. The highest BCUT2D eigenvalue weighted by Gasteiger charge is 2.18. The Hall–Kier alpha value is -2.84. The largest absolute Gasteiger partial charge is 0.422 e. The molecule has 0 saturated carbocycles. The van der Waals surface area contributed by atoms with Crippen molar-refractivity contribution in [1.29, 1.82) is 0 Å². The highest BCUT2D eigenvalue weighted by atomic mass is 35.5. The molecule has 4 rings (SSSR count). The van der Waals surface area contributed by atoms with Gasteiger partial charge in [-0.15, -0.1) is 0 Å². The predicted octanol–water partition coefficient (Wildman–Crippen LogP) is 6.09. The van der Waals surface area contributed by atoms with Crippen LogP contribution in [0.2, 0.25) is 5.02 Å². The van der Waals surface area contributed by atoms with E-state index in [1.165, 1.54) is 0 Å². The van der Waals surface area contributed by atoms with Crippen molar-refractivity contribution in [3.8, 4) is 22.3 Å². The Kier molecular flexibility index (Phi) is 3.90. The third kappa shape index (κ3) is 2.86. The van der Waals surface area contributed by atoms with Crippen LogP contribution in [0.4, 0.5) is 0 Å². The highest BCUT2D eigenvalue weighted by Crippen LogP contribution is 2.36. The lowest BCUT2D eigenvalue weighted by atomic mass is 9.92. The summed E-state index contributed by atoms with van der Waals surface area (Å²) in [6.45, 7) is 2.03. The molecule has 2 nitrogen and oxygen atoms in total. The molecule has 0 fully saturated rings. The minimum Gasteiger partial charge on any atom is -0.422 e. The van der Waals surface area contributed by atoms with E-state index in [1.807, 2.05) is 61.5 Å². The van der Waals surface area contributed by atoms with Gasteiger partial charge in [-0.05, 0) is 42.3 Å². The van der Waals surface area contributed by atoms with E-state index < -0.39 is 0 Å². The van der Waals surface area contributed by atoms with Gasteiger partial charge < -0.3 is 4.42 Å². The average Bonchev–Trinajstić information content (AvgIpc) is 2.62. The number of halogens is 1. The van der Waals surface area contributed by atoms with Crippen LogP contribution >= 0.6 is 11.6 Å². The van der Waals surface area contributed by atoms with Crippen LogP contribution in [-0.4, -0.2) is 0 Å². The first-order valence-corrected chi connectivity index (χ1v) is 8.40. The summed E-state index contributed by atoms with van der Waals surface area (Å²) in [5.74, 6) is 0. The topological polar surface area (TPSA) is 30.2 Å². The molecule has 1 heterocycles. The van der Waals surface area contributed by atoms with Crippen molar-refractivity contribution in [2.24, 2.45) is 0 Å². The van der Waals surface area contributed by atoms with Gasteiger partial charge in [0.2, 0.25) is 0 Å². The van der Waals surface area contributed by atoms with E-state index in [-0.39, 0.29) is 5.63 Å². The molecule has 25 heavy (non-hydrogen) atoms. The Balaban J connectivity index is 2.18. The lowest BCUT2D eigenvalue weighted by molar-refractivity contribution is 0.564. The van der Waals surface area contributed by atoms with Crippen molar-refractivity contribution in [2.45, 2.75) is 6.92 Å². The van der Waals surface area contributed by atoms with Crippen LogP contribution in [0.15, 0.2) is 82.0 Å². The molecule has 0 spiro atoms. The molecule has 0 radical (unpaired) electrons. The Morgan fingerprint density at radius 3 is 2.32 bits per heavy atom. The minimum atomic E-state index is -0.363. The molecule has 0 aliphatic heterocycles. The average molecular weight is 347 g/mol. The van der Waals surface area contributed by atoms with E-state index in [1.54, 1.807) is 12.1 Å². The molecular weight excluding hydrogens is 332 g/mol. The van der Waals surface area contributed by atoms with Crippen LogP contribution in [0, 0.1) is 6.92 Å². The summed E-state index contributed by atoms with van der Waals surface area (Å²) < 4.78 is 5.61. The highest BCUT2D eigenvalue weighted by molar-refractivity contribution is 6.30. The van der Waals surface area contributed by atoms with Crippen molar-refractivity contribution in [3.63, 3.8) is 0 Å². The van der Waals surface area contributed by atoms with Crippen LogP contribution in [-0.2, 0) is 0 Å². The normalized spacial score (nSPS) is 11.0. The van der Waals surface area contributed by atoms with E-state index in [0.717, 1.165) is 27.6 Å². The summed E-state index contributed by atoms with van der Waals surface area (Å²) in [6, 6.07) is 23.0. The first-order valence-electron chi connectivity index (χ1n) is 8.02. The molecule has 0 bridgehead atoms. The zero-order valence-electron chi connectivity index (χ0n) is 13.6. The van der Waals surface area contributed by atoms with Gasteiger partial charge in [0.05, 0.1) is 5.56 Å². The Bertz CT molecular complexity index is 1130. The third-order valence-electron chi connectivity index (χ3n) is 4.24. The quantitative estimate of drug-likeness (QED) is 0.411. The van der Waals surface area contributed by atoms with Crippen molar-refractivity contribution < 1.29 is 4.42 Å². The maximum Gasteiger partial charge on any atom is 0.344 e. The predicted molar refractivity (Wildman–Crippen MR) is 103 cm³/mol. The molecule has 0 aliphatic carbocycles. The zero-order valence-corrected chi connectivity index (χ0v) is 14.4. The van der Waals surface area contributed by atoms with Gasteiger partial charge in [0, 0.05) is 16.0 Å². The lowest BCUT2D eigenvalue weighted by Gasteiger charge is -2.13. The summed E-state index contributed by atoms with van der Waals surface area (Å²) in [4.78, 5) is 12.8. The molecule has 0 saturated heterocycles. The summed E-state index contributed by atoms with van der Waals surface area (Å²) in [7, 11) is 0. The second kappa shape index (κ2) is 6.23. The fourth-order valence-corrected chi connectivity index (χ4v) is 3.32. The van der Waals surface area contributed by atoms with E-state index in [0.29, 0.717) is 16.2 Å². The maximum absolute atomic E-state index is 12.8. The smallest absolute Gasteiger partial charge is 0.344 e. The molecular formula is C22H15ClO2. The van der Waals surface area contributed by atoms with Crippen LogP contribution < -0.4 is 5.63 Å². The number of hydrogen-bond donors (Lipinski definition) is 0. The van der Waals surface area contributed by atoms with Crippen LogP contribution in [0.5, 0.6) is 0 Å². The summed E-state index contributed by atoms with van der Waals surface area (Å²) >= 11 is 6.16. The fraction of sp³-hybridized carbons (Fsp3) is 0.0455. The van der Waals surface area contributed by atoms with Gasteiger partial charge in [-0.25, -0.2) is 4.79 Å². The van der Waals surface area contributed by atoms with Crippen LogP contribution in [0.25, 0.3) is 33.2 Å². The zero-order chi connectivity index (χ0) is 17.4. The summed E-state index contributed by atoms with van der Waals surface area (Å²) in [6.07, 6.45) is 0.